The normalized spacial score (nSPS) is 12.5. The summed E-state index contributed by atoms with van der Waals surface area (Å²) in [5, 5.41) is 9.31. The van der Waals surface area contributed by atoms with Crippen LogP contribution in [0, 0.1) is 20.8 Å². The van der Waals surface area contributed by atoms with Crippen molar-refractivity contribution in [2.45, 2.75) is 38.1 Å². The van der Waals surface area contributed by atoms with Crippen molar-refractivity contribution in [1.82, 2.24) is 14.5 Å². The SMILES string of the molecule is Cc1cc(C)c(-n2c(SC(C)C(=O)O)nc3cccnc32)c(C)c1. The molecule has 2 aromatic heterocycles. The van der Waals surface area contributed by atoms with Gasteiger partial charge in [-0.2, -0.15) is 0 Å². The Bertz CT molecular complexity index is 910. The van der Waals surface area contributed by atoms with Crippen molar-refractivity contribution >= 4 is 28.9 Å². The fourth-order valence-corrected chi connectivity index (χ4v) is 3.76. The lowest BCUT2D eigenvalue weighted by molar-refractivity contribution is -0.136. The summed E-state index contributed by atoms with van der Waals surface area (Å²) in [5.41, 5.74) is 5.94. The average molecular weight is 341 g/mol. The smallest absolute Gasteiger partial charge is 0.316 e. The van der Waals surface area contributed by atoms with Gasteiger partial charge >= 0.3 is 5.97 Å². The number of pyridine rings is 1. The Morgan fingerprint density at radius 3 is 2.54 bits per heavy atom. The molecule has 1 aromatic carbocycles. The van der Waals surface area contributed by atoms with Crippen LogP contribution in [0.1, 0.15) is 23.6 Å². The van der Waals surface area contributed by atoms with Gasteiger partial charge in [-0.15, -0.1) is 0 Å². The number of aromatic nitrogens is 3. The summed E-state index contributed by atoms with van der Waals surface area (Å²) in [5.74, 6) is -0.857. The van der Waals surface area contributed by atoms with Gasteiger partial charge < -0.3 is 5.11 Å². The quantitative estimate of drug-likeness (QED) is 0.729. The van der Waals surface area contributed by atoms with Crippen molar-refractivity contribution < 1.29 is 9.90 Å². The lowest BCUT2D eigenvalue weighted by Crippen LogP contribution is -2.13. The van der Waals surface area contributed by atoms with E-state index in [9.17, 15) is 9.90 Å². The summed E-state index contributed by atoms with van der Waals surface area (Å²) in [6, 6.07) is 7.97. The molecule has 1 N–H and O–H groups in total. The number of benzene rings is 1. The van der Waals surface area contributed by atoms with E-state index in [4.69, 9.17) is 0 Å². The van der Waals surface area contributed by atoms with Gasteiger partial charge in [-0.3, -0.25) is 9.36 Å². The molecule has 5 nitrogen and oxygen atoms in total. The lowest BCUT2D eigenvalue weighted by atomic mass is 10.1. The summed E-state index contributed by atoms with van der Waals surface area (Å²) in [6.45, 7) is 7.84. The van der Waals surface area contributed by atoms with Crippen LogP contribution in [0.4, 0.5) is 0 Å². The van der Waals surface area contributed by atoms with E-state index < -0.39 is 11.2 Å². The fourth-order valence-electron chi connectivity index (χ4n) is 2.91. The van der Waals surface area contributed by atoms with E-state index in [1.807, 2.05) is 16.7 Å². The number of rotatable bonds is 4. The van der Waals surface area contributed by atoms with Crippen LogP contribution >= 0.6 is 11.8 Å². The maximum Gasteiger partial charge on any atom is 0.316 e. The Labute approximate surface area is 144 Å². The van der Waals surface area contributed by atoms with Crippen LogP contribution in [0.25, 0.3) is 16.9 Å². The largest absolute Gasteiger partial charge is 0.480 e. The highest BCUT2D eigenvalue weighted by Crippen LogP contribution is 2.32. The molecule has 0 radical (unpaired) electrons. The number of carbonyl (C=O) groups is 1. The molecule has 0 saturated heterocycles. The molecule has 0 aliphatic rings. The number of carboxylic acids is 1. The minimum absolute atomic E-state index is 0.591. The number of hydrogen-bond donors (Lipinski definition) is 1. The molecule has 0 amide bonds. The zero-order chi connectivity index (χ0) is 17.4. The second-order valence-electron chi connectivity index (χ2n) is 5.92. The highest BCUT2D eigenvalue weighted by molar-refractivity contribution is 8.00. The highest BCUT2D eigenvalue weighted by Gasteiger charge is 2.21. The lowest BCUT2D eigenvalue weighted by Gasteiger charge is -2.16. The van der Waals surface area contributed by atoms with E-state index >= 15 is 0 Å². The van der Waals surface area contributed by atoms with Crippen molar-refractivity contribution in [1.29, 1.82) is 0 Å². The third-order valence-corrected chi connectivity index (χ3v) is 4.91. The third-order valence-electron chi connectivity index (χ3n) is 3.87. The van der Waals surface area contributed by atoms with Crippen LogP contribution in [0.3, 0.4) is 0 Å². The molecule has 2 heterocycles. The first-order valence-electron chi connectivity index (χ1n) is 7.69. The van der Waals surface area contributed by atoms with Crippen molar-refractivity contribution in [2.75, 3.05) is 0 Å². The monoisotopic (exact) mass is 341 g/mol. The number of nitrogens with zero attached hydrogens (tertiary/aromatic N) is 3. The van der Waals surface area contributed by atoms with Crippen molar-refractivity contribution in [2.24, 2.45) is 0 Å². The van der Waals surface area contributed by atoms with Gasteiger partial charge in [0.05, 0.1) is 5.69 Å². The maximum absolute atomic E-state index is 11.3. The third kappa shape index (κ3) is 2.89. The van der Waals surface area contributed by atoms with Gasteiger partial charge in [-0.1, -0.05) is 29.5 Å². The molecule has 6 heteroatoms. The Kier molecular flexibility index (Phi) is 4.32. The van der Waals surface area contributed by atoms with E-state index in [-0.39, 0.29) is 0 Å². The van der Waals surface area contributed by atoms with Gasteiger partial charge in [-0.05, 0) is 51.0 Å². The van der Waals surface area contributed by atoms with E-state index in [2.05, 4.69) is 42.9 Å². The second-order valence-corrected chi connectivity index (χ2v) is 7.23. The van der Waals surface area contributed by atoms with Crippen LogP contribution in [-0.4, -0.2) is 30.9 Å². The Balaban J connectivity index is 2.28. The topological polar surface area (TPSA) is 68.0 Å². The zero-order valence-corrected chi connectivity index (χ0v) is 14.9. The van der Waals surface area contributed by atoms with Gasteiger partial charge in [0.15, 0.2) is 10.8 Å². The molecule has 1 atom stereocenters. The van der Waals surface area contributed by atoms with Crippen LogP contribution in [0.2, 0.25) is 0 Å². The molecule has 3 aromatic rings. The molecule has 0 aliphatic carbocycles. The summed E-state index contributed by atoms with van der Waals surface area (Å²) in [7, 11) is 0. The molecule has 24 heavy (non-hydrogen) atoms. The molecule has 0 bridgehead atoms. The van der Waals surface area contributed by atoms with Gasteiger partial charge in [0.25, 0.3) is 0 Å². The molecule has 0 saturated carbocycles. The molecule has 124 valence electrons. The minimum atomic E-state index is -0.857. The fraction of sp³-hybridized carbons (Fsp3) is 0.278. The number of aryl methyl sites for hydroxylation is 3. The number of aliphatic carboxylic acids is 1. The first-order chi connectivity index (χ1) is 11.4. The molecule has 3 rings (SSSR count). The summed E-state index contributed by atoms with van der Waals surface area (Å²) < 4.78 is 1.98. The standard InChI is InChI=1S/C18H19N3O2S/c1-10-8-11(2)15(12(3)9-10)21-16-14(6-5-7-19-16)20-18(21)24-13(4)17(22)23/h5-9,13H,1-4H3,(H,22,23). The van der Waals surface area contributed by atoms with E-state index in [0.717, 1.165) is 28.0 Å². The number of thioether (sulfide) groups is 1. The van der Waals surface area contributed by atoms with Crippen LogP contribution in [0.15, 0.2) is 35.6 Å². The van der Waals surface area contributed by atoms with Gasteiger partial charge in [0.1, 0.15) is 10.8 Å². The van der Waals surface area contributed by atoms with Crippen molar-refractivity contribution in [3.8, 4) is 5.69 Å². The predicted molar refractivity (Wildman–Crippen MR) is 96.0 cm³/mol. The van der Waals surface area contributed by atoms with Crippen molar-refractivity contribution in [3.63, 3.8) is 0 Å². The highest BCUT2D eigenvalue weighted by atomic mass is 32.2. The second kappa shape index (κ2) is 6.28. The van der Waals surface area contributed by atoms with Crippen molar-refractivity contribution in [3.05, 3.63) is 47.2 Å². The first-order valence-corrected chi connectivity index (χ1v) is 8.57. The number of hydrogen-bond acceptors (Lipinski definition) is 4. The molecular weight excluding hydrogens is 322 g/mol. The Hall–Kier alpha value is -2.34. The number of fused-ring (bicyclic) bond motifs is 1. The number of imidazole rings is 1. The van der Waals surface area contributed by atoms with Crippen LogP contribution < -0.4 is 0 Å². The van der Waals surface area contributed by atoms with Crippen LogP contribution in [-0.2, 0) is 4.79 Å². The summed E-state index contributed by atoms with van der Waals surface area (Å²) >= 11 is 1.23. The zero-order valence-electron chi connectivity index (χ0n) is 14.1. The van der Waals surface area contributed by atoms with Gasteiger partial charge in [-0.25, -0.2) is 9.97 Å². The minimum Gasteiger partial charge on any atom is -0.480 e. The molecule has 0 fully saturated rings. The van der Waals surface area contributed by atoms with E-state index in [0.29, 0.717) is 5.16 Å². The Morgan fingerprint density at radius 1 is 1.25 bits per heavy atom. The predicted octanol–water partition coefficient (Wildman–Crippen LogP) is 3.91. The van der Waals surface area contributed by atoms with Gasteiger partial charge in [0.2, 0.25) is 0 Å². The van der Waals surface area contributed by atoms with Crippen LogP contribution in [0.5, 0.6) is 0 Å². The van der Waals surface area contributed by atoms with E-state index in [1.54, 1.807) is 13.1 Å². The maximum atomic E-state index is 11.3. The molecular formula is C18H19N3O2S. The molecule has 0 aliphatic heterocycles. The number of carboxylic acid groups (broad SMARTS) is 1. The van der Waals surface area contributed by atoms with Gasteiger partial charge in [0, 0.05) is 6.20 Å². The molecule has 1 unspecified atom stereocenters. The first kappa shape index (κ1) is 16.5. The van der Waals surface area contributed by atoms with E-state index in [1.165, 1.54) is 17.3 Å². The Morgan fingerprint density at radius 2 is 1.92 bits per heavy atom. The molecule has 0 spiro atoms. The average Bonchev–Trinajstić information content (AvgIpc) is 2.84. The summed E-state index contributed by atoms with van der Waals surface area (Å²) in [6.07, 6.45) is 1.73. The summed E-state index contributed by atoms with van der Waals surface area (Å²) in [4.78, 5) is 20.4.